The lowest BCUT2D eigenvalue weighted by atomic mass is 10.2. The maximum atomic E-state index is 11.8. The lowest BCUT2D eigenvalue weighted by molar-refractivity contribution is -0.116. The Balaban J connectivity index is 2.10. The SMILES string of the molecule is CC(=O)N1N=C(c2ccc(Cl)cc2)Sc2c1ncn2C(C)=O. The van der Waals surface area contributed by atoms with Gasteiger partial charge in [0.1, 0.15) is 16.4 Å². The summed E-state index contributed by atoms with van der Waals surface area (Å²) in [5.74, 6) is -0.0886. The fourth-order valence-electron chi connectivity index (χ4n) is 1.97. The topological polar surface area (TPSA) is 67.6 Å². The first-order valence-corrected chi connectivity index (χ1v) is 7.58. The average molecular weight is 335 g/mol. The summed E-state index contributed by atoms with van der Waals surface area (Å²) in [6.07, 6.45) is 1.40. The van der Waals surface area contributed by atoms with Gasteiger partial charge in [0.15, 0.2) is 5.82 Å². The van der Waals surface area contributed by atoms with E-state index < -0.39 is 0 Å². The standard InChI is InChI=1S/C14H11ClN4O2S/c1-8(20)18-7-16-12-14(18)22-13(17-19(12)9(2)21)10-3-5-11(15)6-4-10/h3-7H,1-2H3. The predicted molar refractivity (Wildman–Crippen MR) is 85.5 cm³/mol. The van der Waals surface area contributed by atoms with E-state index in [1.54, 1.807) is 12.1 Å². The first-order valence-electron chi connectivity index (χ1n) is 6.38. The number of anilines is 1. The monoisotopic (exact) mass is 334 g/mol. The number of benzene rings is 1. The van der Waals surface area contributed by atoms with Crippen LogP contribution in [0.1, 0.15) is 24.2 Å². The van der Waals surface area contributed by atoms with Gasteiger partial charge in [-0.15, -0.1) is 0 Å². The zero-order valence-electron chi connectivity index (χ0n) is 11.8. The Kier molecular flexibility index (Phi) is 3.76. The number of carbonyl (C=O) groups is 2. The molecule has 1 aliphatic rings. The van der Waals surface area contributed by atoms with Crippen LogP contribution in [0.2, 0.25) is 5.02 Å². The number of aromatic nitrogens is 2. The highest BCUT2D eigenvalue weighted by Gasteiger charge is 2.29. The second-order valence-electron chi connectivity index (χ2n) is 4.61. The van der Waals surface area contributed by atoms with E-state index >= 15 is 0 Å². The molecule has 0 fully saturated rings. The minimum Gasteiger partial charge on any atom is -0.274 e. The van der Waals surface area contributed by atoms with Crippen molar-refractivity contribution in [2.75, 3.05) is 5.01 Å². The Morgan fingerprint density at radius 1 is 1.14 bits per heavy atom. The lowest BCUT2D eigenvalue weighted by Crippen LogP contribution is -2.28. The van der Waals surface area contributed by atoms with Gasteiger partial charge in [-0.1, -0.05) is 23.7 Å². The van der Waals surface area contributed by atoms with E-state index in [2.05, 4.69) is 10.1 Å². The van der Waals surface area contributed by atoms with Gasteiger partial charge in [-0.25, -0.2) is 4.98 Å². The van der Waals surface area contributed by atoms with E-state index in [1.165, 1.54) is 41.5 Å². The second kappa shape index (κ2) is 5.58. The summed E-state index contributed by atoms with van der Waals surface area (Å²) < 4.78 is 1.40. The molecule has 0 bridgehead atoms. The van der Waals surface area contributed by atoms with Gasteiger partial charge in [0.05, 0.1) is 0 Å². The summed E-state index contributed by atoms with van der Waals surface area (Å²) in [7, 11) is 0. The molecule has 0 radical (unpaired) electrons. The van der Waals surface area contributed by atoms with Crippen molar-refractivity contribution in [2.24, 2.45) is 5.10 Å². The molecule has 0 aliphatic carbocycles. The molecule has 1 aromatic heterocycles. The summed E-state index contributed by atoms with van der Waals surface area (Å²) in [6.45, 7) is 2.84. The van der Waals surface area contributed by atoms with Gasteiger partial charge in [0.2, 0.25) is 11.8 Å². The summed E-state index contributed by atoms with van der Waals surface area (Å²) in [5.41, 5.74) is 0.808. The highest BCUT2D eigenvalue weighted by Crippen LogP contribution is 2.37. The van der Waals surface area contributed by atoms with E-state index in [0.29, 0.717) is 20.9 Å². The number of carbonyl (C=O) groups excluding carboxylic acids is 2. The molecule has 1 amide bonds. The van der Waals surface area contributed by atoms with Crippen molar-refractivity contribution in [2.45, 2.75) is 18.9 Å². The second-order valence-corrected chi connectivity index (χ2v) is 6.02. The Morgan fingerprint density at radius 2 is 1.82 bits per heavy atom. The number of hydrazone groups is 1. The third-order valence-electron chi connectivity index (χ3n) is 3.02. The van der Waals surface area contributed by atoms with Crippen molar-refractivity contribution in [1.29, 1.82) is 0 Å². The van der Waals surface area contributed by atoms with Crippen LogP contribution in [-0.2, 0) is 4.79 Å². The number of imidazole rings is 1. The van der Waals surface area contributed by atoms with E-state index in [1.807, 2.05) is 12.1 Å². The third kappa shape index (κ3) is 2.53. The Bertz CT molecular complexity index is 798. The van der Waals surface area contributed by atoms with Crippen LogP contribution in [0.5, 0.6) is 0 Å². The molecule has 22 heavy (non-hydrogen) atoms. The van der Waals surface area contributed by atoms with Crippen molar-refractivity contribution in [3.05, 3.63) is 41.2 Å². The van der Waals surface area contributed by atoms with Crippen LogP contribution in [0.3, 0.4) is 0 Å². The molecular weight excluding hydrogens is 324 g/mol. The zero-order valence-corrected chi connectivity index (χ0v) is 13.4. The summed E-state index contributed by atoms with van der Waals surface area (Å²) in [5, 5.41) is 7.32. The van der Waals surface area contributed by atoms with E-state index in [-0.39, 0.29) is 11.8 Å². The normalized spacial score (nSPS) is 13.6. The molecular formula is C14H11ClN4O2S. The van der Waals surface area contributed by atoms with Crippen molar-refractivity contribution in [3.8, 4) is 0 Å². The zero-order chi connectivity index (χ0) is 15.9. The van der Waals surface area contributed by atoms with Gasteiger partial charge in [0, 0.05) is 24.4 Å². The summed E-state index contributed by atoms with van der Waals surface area (Å²) >= 11 is 7.18. The molecule has 0 saturated heterocycles. The predicted octanol–water partition coefficient (Wildman–Crippen LogP) is 3.02. The number of rotatable bonds is 1. The number of thioether (sulfide) groups is 1. The van der Waals surface area contributed by atoms with Crippen LogP contribution in [0.15, 0.2) is 40.7 Å². The molecule has 6 nitrogen and oxygen atoms in total. The molecule has 2 aromatic rings. The lowest BCUT2D eigenvalue weighted by Gasteiger charge is -2.21. The fraction of sp³-hybridized carbons (Fsp3) is 0.143. The van der Waals surface area contributed by atoms with E-state index in [4.69, 9.17) is 11.6 Å². The summed E-state index contributed by atoms with van der Waals surface area (Å²) in [4.78, 5) is 27.6. The molecule has 1 aromatic carbocycles. The fourth-order valence-corrected chi connectivity index (χ4v) is 3.16. The van der Waals surface area contributed by atoms with Gasteiger partial charge >= 0.3 is 0 Å². The maximum Gasteiger partial charge on any atom is 0.245 e. The minimum atomic E-state index is -0.276. The Morgan fingerprint density at radius 3 is 2.41 bits per heavy atom. The van der Waals surface area contributed by atoms with Gasteiger partial charge < -0.3 is 0 Å². The van der Waals surface area contributed by atoms with Gasteiger partial charge in [0.25, 0.3) is 0 Å². The Hall–Kier alpha value is -2.12. The average Bonchev–Trinajstić information content (AvgIpc) is 2.90. The molecule has 2 heterocycles. The molecule has 8 heteroatoms. The number of amides is 1. The summed E-state index contributed by atoms with van der Waals surface area (Å²) in [6, 6.07) is 7.11. The minimum absolute atomic E-state index is 0.179. The molecule has 0 saturated carbocycles. The van der Waals surface area contributed by atoms with Crippen LogP contribution >= 0.6 is 23.4 Å². The quantitative estimate of drug-likeness (QED) is 0.804. The van der Waals surface area contributed by atoms with Crippen molar-refractivity contribution < 1.29 is 9.59 Å². The first-order chi connectivity index (χ1) is 10.5. The molecule has 0 spiro atoms. The number of hydrogen-bond donors (Lipinski definition) is 0. The van der Waals surface area contributed by atoms with Crippen molar-refractivity contribution in [3.63, 3.8) is 0 Å². The van der Waals surface area contributed by atoms with Crippen LogP contribution < -0.4 is 5.01 Å². The maximum absolute atomic E-state index is 11.8. The molecule has 3 rings (SSSR count). The van der Waals surface area contributed by atoms with Crippen LogP contribution in [0.25, 0.3) is 0 Å². The van der Waals surface area contributed by atoms with Gasteiger partial charge in [-0.05, 0) is 23.9 Å². The van der Waals surface area contributed by atoms with Gasteiger partial charge in [-0.3, -0.25) is 14.2 Å². The third-order valence-corrected chi connectivity index (χ3v) is 4.35. The highest BCUT2D eigenvalue weighted by molar-refractivity contribution is 8.14. The highest BCUT2D eigenvalue weighted by atomic mass is 35.5. The van der Waals surface area contributed by atoms with Crippen molar-refractivity contribution in [1.82, 2.24) is 9.55 Å². The number of nitrogens with zero attached hydrogens (tertiary/aromatic N) is 4. The molecule has 112 valence electrons. The molecule has 0 N–H and O–H groups in total. The van der Waals surface area contributed by atoms with Crippen LogP contribution in [0, 0.1) is 0 Å². The Labute approximate surface area is 135 Å². The number of hydrogen-bond acceptors (Lipinski definition) is 5. The van der Waals surface area contributed by atoms with E-state index in [9.17, 15) is 9.59 Å². The number of halogens is 1. The number of fused-ring (bicyclic) bond motifs is 1. The van der Waals surface area contributed by atoms with Crippen LogP contribution in [-0.4, -0.2) is 26.4 Å². The first kappa shape index (κ1) is 14.8. The van der Waals surface area contributed by atoms with E-state index in [0.717, 1.165) is 5.56 Å². The smallest absolute Gasteiger partial charge is 0.245 e. The molecule has 0 atom stereocenters. The molecule has 1 aliphatic heterocycles. The van der Waals surface area contributed by atoms with Gasteiger partial charge in [-0.2, -0.15) is 10.1 Å². The van der Waals surface area contributed by atoms with Crippen LogP contribution in [0.4, 0.5) is 5.82 Å². The molecule has 0 unspecified atom stereocenters. The van der Waals surface area contributed by atoms with Crippen molar-refractivity contribution >= 4 is 46.0 Å². The largest absolute Gasteiger partial charge is 0.274 e.